The van der Waals surface area contributed by atoms with E-state index in [0.717, 1.165) is 23.7 Å². The van der Waals surface area contributed by atoms with Gasteiger partial charge in [-0.2, -0.15) is 11.8 Å². The predicted octanol–water partition coefficient (Wildman–Crippen LogP) is 3.14. The number of benzene rings is 1. The highest BCUT2D eigenvalue weighted by Gasteiger charge is 2.06. The second kappa shape index (κ2) is 7.14. The van der Waals surface area contributed by atoms with Crippen LogP contribution in [-0.2, 0) is 0 Å². The molecule has 2 aromatic rings. The summed E-state index contributed by atoms with van der Waals surface area (Å²) in [6.07, 6.45) is 2.12. The lowest BCUT2D eigenvalue weighted by Gasteiger charge is -2.12. The molecule has 0 amide bonds. The summed E-state index contributed by atoms with van der Waals surface area (Å²) in [5, 5.41) is 3.34. The van der Waals surface area contributed by atoms with E-state index in [1.807, 2.05) is 42.1 Å². The second-order valence-electron chi connectivity index (χ2n) is 4.81. The predicted molar refractivity (Wildman–Crippen MR) is 87.9 cm³/mol. The minimum atomic E-state index is 0.485. The molecular weight excluding hydrogens is 268 g/mol. The normalized spacial score (nSPS) is 12.1. The van der Waals surface area contributed by atoms with Crippen LogP contribution in [0.1, 0.15) is 6.92 Å². The van der Waals surface area contributed by atoms with Gasteiger partial charge in [0.15, 0.2) is 5.82 Å². The van der Waals surface area contributed by atoms with Gasteiger partial charge in [0.05, 0.1) is 0 Å². The van der Waals surface area contributed by atoms with Gasteiger partial charge in [-0.25, -0.2) is 9.97 Å². The van der Waals surface area contributed by atoms with E-state index >= 15 is 0 Å². The first-order valence-corrected chi connectivity index (χ1v) is 8.01. The first kappa shape index (κ1) is 14.7. The number of nitrogens with two attached hydrogens (primary N) is 1. The average Bonchev–Trinajstić information content (AvgIpc) is 2.46. The Hall–Kier alpha value is -1.75. The second-order valence-corrected chi connectivity index (χ2v) is 5.72. The lowest BCUT2D eigenvalue weighted by Crippen LogP contribution is -2.14. The molecule has 1 aromatic carbocycles. The van der Waals surface area contributed by atoms with Crippen molar-refractivity contribution in [1.29, 1.82) is 0 Å². The number of rotatable bonds is 6. The Bertz CT molecular complexity index is 545. The van der Waals surface area contributed by atoms with E-state index in [1.165, 1.54) is 0 Å². The quantitative estimate of drug-likeness (QED) is 0.855. The summed E-state index contributed by atoms with van der Waals surface area (Å²) >= 11 is 1.85. The summed E-state index contributed by atoms with van der Waals surface area (Å²) in [4.78, 5) is 8.82. The highest BCUT2D eigenvalue weighted by Crippen LogP contribution is 2.18. The van der Waals surface area contributed by atoms with Crippen LogP contribution in [0.25, 0.3) is 11.4 Å². The van der Waals surface area contributed by atoms with Crippen LogP contribution in [0.15, 0.2) is 36.4 Å². The SMILES string of the molecule is CSCC(C)CNc1cc(N)nc(-c2ccccc2)n1. The number of nitrogen functional groups attached to an aromatic ring is 1. The van der Waals surface area contributed by atoms with Crippen molar-refractivity contribution >= 4 is 23.4 Å². The fraction of sp³-hybridized carbons (Fsp3) is 0.333. The van der Waals surface area contributed by atoms with Gasteiger partial charge in [0, 0.05) is 18.2 Å². The number of aromatic nitrogens is 2. The summed E-state index contributed by atoms with van der Waals surface area (Å²) in [5.41, 5.74) is 6.84. The van der Waals surface area contributed by atoms with Gasteiger partial charge in [-0.1, -0.05) is 37.3 Å². The van der Waals surface area contributed by atoms with Crippen LogP contribution < -0.4 is 11.1 Å². The Labute approximate surface area is 124 Å². The van der Waals surface area contributed by atoms with Crippen molar-refractivity contribution in [3.05, 3.63) is 36.4 Å². The summed E-state index contributed by atoms with van der Waals surface area (Å²) in [6.45, 7) is 3.09. The van der Waals surface area contributed by atoms with E-state index in [0.29, 0.717) is 17.6 Å². The van der Waals surface area contributed by atoms with Crippen LogP contribution in [0.4, 0.5) is 11.6 Å². The van der Waals surface area contributed by atoms with E-state index in [9.17, 15) is 0 Å². The molecule has 0 fully saturated rings. The van der Waals surface area contributed by atoms with Gasteiger partial charge in [-0.15, -0.1) is 0 Å². The molecule has 0 aliphatic carbocycles. The van der Waals surface area contributed by atoms with Crippen molar-refractivity contribution in [3.8, 4) is 11.4 Å². The summed E-state index contributed by atoms with van der Waals surface area (Å²) in [5.74, 6) is 3.63. The zero-order valence-corrected chi connectivity index (χ0v) is 12.7. The maximum absolute atomic E-state index is 5.87. The number of nitrogens with one attached hydrogen (secondary N) is 1. The van der Waals surface area contributed by atoms with Crippen LogP contribution >= 0.6 is 11.8 Å². The molecule has 1 atom stereocenters. The molecule has 1 unspecified atom stereocenters. The molecule has 0 saturated carbocycles. The first-order chi connectivity index (χ1) is 9.69. The molecule has 1 heterocycles. The number of thioether (sulfide) groups is 1. The molecule has 0 radical (unpaired) electrons. The maximum atomic E-state index is 5.87. The number of nitrogens with zero attached hydrogens (tertiary/aromatic N) is 2. The fourth-order valence-electron chi connectivity index (χ4n) is 1.90. The molecule has 1 aromatic heterocycles. The summed E-state index contributed by atoms with van der Waals surface area (Å²) in [7, 11) is 0. The largest absolute Gasteiger partial charge is 0.384 e. The van der Waals surface area contributed by atoms with Crippen molar-refractivity contribution in [3.63, 3.8) is 0 Å². The van der Waals surface area contributed by atoms with Crippen molar-refractivity contribution < 1.29 is 0 Å². The Morgan fingerprint density at radius 2 is 2.00 bits per heavy atom. The van der Waals surface area contributed by atoms with E-state index in [1.54, 1.807) is 6.07 Å². The first-order valence-electron chi connectivity index (χ1n) is 6.62. The third kappa shape index (κ3) is 4.13. The lowest BCUT2D eigenvalue weighted by molar-refractivity contribution is 0.699. The van der Waals surface area contributed by atoms with Gasteiger partial charge in [0.2, 0.25) is 0 Å². The average molecular weight is 288 g/mol. The van der Waals surface area contributed by atoms with Crippen molar-refractivity contribution in [2.75, 3.05) is 29.6 Å². The molecule has 0 aliphatic heterocycles. The molecule has 0 spiro atoms. The molecule has 3 N–H and O–H groups in total. The van der Waals surface area contributed by atoms with Crippen LogP contribution in [0.5, 0.6) is 0 Å². The highest BCUT2D eigenvalue weighted by molar-refractivity contribution is 7.98. The number of hydrogen-bond donors (Lipinski definition) is 2. The molecule has 20 heavy (non-hydrogen) atoms. The summed E-state index contributed by atoms with van der Waals surface area (Å²) in [6, 6.07) is 11.6. The zero-order valence-electron chi connectivity index (χ0n) is 11.8. The van der Waals surface area contributed by atoms with Crippen LogP contribution in [0.3, 0.4) is 0 Å². The minimum Gasteiger partial charge on any atom is -0.384 e. The molecule has 2 rings (SSSR count). The molecule has 0 aliphatic rings. The summed E-state index contributed by atoms with van der Waals surface area (Å²) < 4.78 is 0. The molecular formula is C15H20N4S. The van der Waals surface area contributed by atoms with Gasteiger partial charge in [0.25, 0.3) is 0 Å². The van der Waals surface area contributed by atoms with Gasteiger partial charge in [-0.05, 0) is 17.9 Å². The van der Waals surface area contributed by atoms with Gasteiger partial charge >= 0.3 is 0 Å². The zero-order chi connectivity index (χ0) is 14.4. The number of hydrogen-bond acceptors (Lipinski definition) is 5. The van der Waals surface area contributed by atoms with E-state index < -0.39 is 0 Å². The fourth-order valence-corrected chi connectivity index (χ4v) is 2.58. The molecule has 0 bridgehead atoms. The standard InChI is InChI=1S/C15H20N4S/c1-11(10-20-2)9-17-14-8-13(16)18-15(19-14)12-6-4-3-5-7-12/h3-8,11H,9-10H2,1-2H3,(H3,16,17,18,19). The molecule has 5 heteroatoms. The third-order valence-electron chi connectivity index (χ3n) is 2.86. The van der Waals surface area contributed by atoms with E-state index in [4.69, 9.17) is 5.73 Å². The highest BCUT2D eigenvalue weighted by atomic mass is 32.2. The van der Waals surface area contributed by atoms with Crippen LogP contribution in [0.2, 0.25) is 0 Å². The molecule has 0 saturated heterocycles. The molecule has 106 valence electrons. The van der Waals surface area contributed by atoms with Crippen molar-refractivity contribution in [2.45, 2.75) is 6.92 Å². The minimum absolute atomic E-state index is 0.485. The lowest BCUT2D eigenvalue weighted by atomic mass is 10.2. The molecule has 4 nitrogen and oxygen atoms in total. The Morgan fingerprint density at radius 1 is 1.25 bits per heavy atom. The smallest absolute Gasteiger partial charge is 0.163 e. The topological polar surface area (TPSA) is 63.8 Å². The van der Waals surface area contributed by atoms with E-state index in [-0.39, 0.29) is 0 Å². The van der Waals surface area contributed by atoms with Gasteiger partial charge in [-0.3, -0.25) is 0 Å². The Morgan fingerprint density at radius 3 is 2.70 bits per heavy atom. The van der Waals surface area contributed by atoms with E-state index in [2.05, 4.69) is 28.5 Å². The van der Waals surface area contributed by atoms with Gasteiger partial charge in [0.1, 0.15) is 11.6 Å². The monoisotopic (exact) mass is 288 g/mol. The third-order valence-corrected chi connectivity index (χ3v) is 3.76. The van der Waals surface area contributed by atoms with Crippen LogP contribution in [0, 0.1) is 5.92 Å². The number of anilines is 2. The van der Waals surface area contributed by atoms with Crippen molar-refractivity contribution in [1.82, 2.24) is 9.97 Å². The Balaban J connectivity index is 2.13. The Kier molecular flexibility index (Phi) is 5.24. The van der Waals surface area contributed by atoms with Gasteiger partial charge < -0.3 is 11.1 Å². The van der Waals surface area contributed by atoms with Crippen LogP contribution in [-0.4, -0.2) is 28.5 Å². The van der Waals surface area contributed by atoms with Crippen molar-refractivity contribution in [2.24, 2.45) is 5.92 Å². The maximum Gasteiger partial charge on any atom is 0.163 e.